The first kappa shape index (κ1) is 11.5. The van der Waals surface area contributed by atoms with Gasteiger partial charge in [0.2, 0.25) is 5.95 Å². The standard InChI is InChI=1S/C11H17N3OS/c1-3-14(4-2)11-12-9-5-6-15-7-8(9)10(16)13-11/h3-7H2,1-2H3,(H,12,13,16). The molecule has 0 bridgehead atoms. The number of nitrogens with zero attached hydrogens (tertiary/aromatic N) is 2. The molecule has 0 fully saturated rings. The summed E-state index contributed by atoms with van der Waals surface area (Å²) in [5, 5.41) is 0. The third-order valence-electron chi connectivity index (χ3n) is 2.90. The van der Waals surface area contributed by atoms with Crippen molar-refractivity contribution in [3.8, 4) is 0 Å². The van der Waals surface area contributed by atoms with Gasteiger partial charge in [-0.2, -0.15) is 0 Å². The molecule has 0 saturated heterocycles. The highest BCUT2D eigenvalue weighted by Crippen LogP contribution is 2.18. The van der Waals surface area contributed by atoms with E-state index >= 15 is 0 Å². The highest BCUT2D eigenvalue weighted by atomic mass is 32.1. The van der Waals surface area contributed by atoms with Crippen molar-refractivity contribution in [2.75, 3.05) is 24.6 Å². The maximum absolute atomic E-state index is 5.39. The van der Waals surface area contributed by atoms with Crippen molar-refractivity contribution in [3.05, 3.63) is 15.9 Å². The van der Waals surface area contributed by atoms with E-state index in [2.05, 4.69) is 28.7 Å². The van der Waals surface area contributed by atoms with E-state index in [4.69, 9.17) is 17.0 Å². The summed E-state index contributed by atoms with van der Waals surface area (Å²) >= 11 is 5.30. The molecule has 0 spiro atoms. The molecular formula is C11H17N3OS. The molecule has 4 nitrogen and oxygen atoms in total. The van der Waals surface area contributed by atoms with Gasteiger partial charge in [0, 0.05) is 30.8 Å². The Bertz CT molecular complexity index is 426. The minimum absolute atomic E-state index is 0.593. The molecule has 0 aliphatic carbocycles. The molecule has 2 heterocycles. The van der Waals surface area contributed by atoms with Crippen molar-refractivity contribution in [2.45, 2.75) is 26.9 Å². The predicted molar refractivity (Wildman–Crippen MR) is 66.3 cm³/mol. The van der Waals surface area contributed by atoms with Crippen molar-refractivity contribution >= 4 is 18.2 Å². The van der Waals surface area contributed by atoms with Crippen LogP contribution in [0.2, 0.25) is 0 Å². The van der Waals surface area contributed by atoms with Gasteiger partial charge in [-0.25, -0.2) is 4.98 Å². The molecule has 0 unspecified atom stereocenters. The van der Waals surface area contributed by atoms with E-state index in [1.807, 2.05) is 0 Å². The molecule has 88 valence electrons. The van der Waals surface area contributed by atoms with Crippen LogP contribution >= 0.6 is 12.2 Å². The Hall–Kier alpha value is -0.940. The molecule has 2 rings (SSSR count). The molecule has 16 heavy (non-hydrogen) atoms. The lowest BCUT2D eigenvalue weighted by atomic mass is 10.1. The van der Waals surface area contributed by atoms with Gasteiger partial charge in [-0.3, -0.25) is 0 Å². The largest absolute Gasteiger partial charge is 0.376 e. The summed E-state index contributed by atoms with van der Waals surface area (Å²) < 4.78 is 6.07. The molecular weight excluding hydrogens is 222 g/mol. The molecule has 0 amide bonds. The summed E-state index contributed by atoms with van der Waals surface area (Å²) in [6.45, 7) is 7.46. The Balaban J connectivity index is 2.42. The maximum atomic E-state index is 5.39. The summed E-state index contributed by atoms with van der Waals surface area (Å²) in [7, 11) is 0. The highest BCUT2D eigenvalue weighted by molar-refractivity contribution is 7.71. The first-order valence-corrected chi connectivity index (χ1v) is 6.11. The zero-order chi connectivity index (χ0) is 11.5. The number of aromatic amines is 1. The number of H-pyrrole nitrogens is 1. The maximum Gasteiger partial charge on any atom is 0.204 e. The average molecular weight is 239 g/mol. The van der Waals surface area contributed by atoms with Gasteiger partial charge in [-0.1, -0.05) is 12.2 Å². The van der Waals surface area contributed by atoms with Gasteiger partial charge in [0.15, 0.2) is 0 Å². The Morgan fingerprint density at radius 1 is 1.44 bits per heavy atom. The van der Waals surface area contributed by atoms with E-state index in [9.17, 15) is 0 Å². The minimum atomic E-state index is 0.593. The van der Waals surface area contributed by atoms with Gasteiger partial charge < -0.3 is 14.6 Å². The lowest BCUT2D eigenvalue weighted by molar-refractivity contribution is 0.108. The molecule has 1 aromatic heterocycles. The van der Waals surface area contributed by atoms with E-state index in [1.54, 1.807) is 0 Å². The van der Waals surface area contributed by atoms with Gasteiger partial charge in [-0.15, -0.1) is 0 Å². The molecule has 0 saturated carbocycles. The second kappa shape index (κ2) is 4.93. The third kappa shape index (κ3) is 2.10. The molecule has 1 N–H and O–H groups in total. The summed E-state index contributed by atoms with van der Waals surface area (Å²) in [5.41, 5.74) is 2.24. The highest BCUT2D eigenvalue weighted by Gasteiger charge is 2.15. The third-order valence-corrected chi connectivity index (χ3v) is 3.24. The molecule has 1 aromatic rings. The van der Waals surface area contributed by atoms with Crippen LogP contribution in [-0.2, 0) is 17.8 Å². The van der Waals surface area contributed by atoms with Gasteiger partial charge in [-0.05, 0) is 13.8 Å². The number of anilines is 1. The zero-order valence-corrected chi connectivity index (χ0v) is 10.6. The number of hydrogen-bond acceptors (Lipinski definition) is 4. The van der Waals surface area contributed by atoms with Crippen LogP contribution in [0.5, 0.6) is 0 Å². The number of ether oxygens (including phenoxy) is 1. The first-order valence-electron chi connectivity index (χ1n) is 5.71. The van der Waals surface area contributed by atoms with Gasteiger partial charge in [0.1, 0.15) is 4.64 Å². The van der Waals surface area contributed by atoms with Crippen LogP contribution < -0.4 is 4.90 Å². The Labute approximate surface area is 101 Å². The van der Waals surface area contributed by atoms with Crippen molar-refractivity contribution in [1.82, 2.24) is 9.97 Å². The summed E-state index contributed by atoms with van der Waals surface area (Å²) in [5.74, 6) is 0.885. The Morgan fingerprint density at radius 2 is 2.19 bits per heavy atom. The van der Waals surface area contributed by atoms with Crippen LogP contribution in [0.25, 0.3) is 0 Å². The minimum Gasteiger partial charge on any atom is -0.376 e. The Kier molecular flexibility index (Phi) is 3.56. The monoisotopic (exact) mass is 239 g/mol. The van der Waals surface area contributed by atoms with Crippen molar-refractivity contribution in [2.24, 2.45) is 0 Å². The number of fused-ring (bicyclic) bond motifs is 1. The van der Waals surface area contributed by atoms with E-state index in [1.165, 1.54) is 5.69 Å². The second-order valence-corrected chi connectivity index (χ2v) is 4.18. The number of rotatable bonds is 3. The summed E-state index contributed by atoms with van der Waals surface area (Å²) in [4.78, 5) is 9.98. The van der Waals surface area contributed by atoms with Crippen molar-refractivity contribution < 1.29 is 4.74 Å². The van der Waals surface area contributed by atoms with Crippen LogP contribution in [0.3, 0.4) is 0 Å². The fourth-order valence-corrected chi connectivity index (χ4v) is 2.18. The number of nitrogens with one attached hydrogen (secondary N) is 1. The fraction of sp³-hybridized carbons (Fsp3) is 0.636. The van der Waals surface area contributed by atoms with Crippen molar-refractivity contribution in [3.63, 3.8) is 0 Å². The van der Waals surface area contributed by atoms with Gasteiger partial charge in [0.05, 0.1) is 13.2 Å². The van der Waals surface area contributed by atoms with Crippen LogP contribution in [-0.4, -0.2) is 29.7 Å². The smallest absolute Gasteiger partial charge is 0.204 e. The quantitative estimate of drug-likeness (QED) is 0.820. The normalized spacial score (nSPS) is 14.6. The Morgan fingerprint density at radius 3 is 2.88 bits per heavy atom. The molecule has 0 radical (unpaired) electrons. The van der Waals surface area contributed by atoms with E-state index in [-0.39, 0.29) is 0 Å². The summed E-state index contributed by atoms with van der Waals surface area (Å²) in [6.07, 6.45) is 0.899. The van der Waals surface area contributed by atoms with Crippen LogP contribution in [0.1, 0.15) is 25.1 Å². The van der Waals surface area contributed by atoms with Crippen molar-refractivity contribution in [1.29, 1.82) is 0 Å². The van der Waals surface area contributed by atoms with Crippen LogP contribution in [0.15, 0.2) is 0 Å². The number of hydrogen-bond donors (Lipinski definition) is 1. The predicted octanol–water partition coefficient (Wildman–Crippen LogP) is 2.06. The zero-order valence-electron chi connectivity index (χ0n) is 9.75. The van der Waals surface area contributed by atoms with E-state index < -0.39 is 0 Å². The molecule has 1 aliphatic rings. The van der Waals surface area contributed by atoms with Gasteiger partial charge in [0.25, 0.3) is 0 Å². The number of aromatic nitrogens is 2. The average Bonchev–Trinajstić information content (AvgIpc) is 2.31. The molecule has 1 aliphatic heterocycles. The van der Waals surface area contributed by atoms with Crippen LogP contribution in [0.4, 0.5) is 5.95 Å². The molecule has 5 heteroatoms. The van der Waals surface area contributed by atoms with Crippen LogP contribution in [0, 0.1) is 4.64 Å². The SMILES string of the molecule is CCN(CC)c1nc(=S)c2c([nH]1)CCOC2. The lowest BCUT2D eigenvalue weighted by Gasteiger charge is -2.23. The fourth-order valence-electron chi connectivity index (χ4n) is 1.91. The first-order chi connectivity index (χ1) is 7.76. The van der Waals surface area contributed by atoms with Gasteiger partial charge >= 0.3 is 0 Å². The van der Waals surface area contributed by atoms with E-state index in [0.717, 1.165) is 37.6 Å². The molecule has 0 aromatic carbocycles. The second-order valence-electron chi connectivity index (χ2n) is 3.80. The lowest BCUT2D eigenvalue weighted by Crippen LogP contribution is -2.26. The van der Waals surface area contributed by atoms with E-state index in [0.29, 0.717) is 11.2 Å². The molecule has 0 atom stereocenters. The topological polar surface area (TPSA) is 41.2 Å². The summed E-state index contributed by atoms with van der Waals surface area (Å²) in [6, 6.07) is 0.